The molecule has 16 heavy (non-hydrogen) atoms. The van der Waals surface area contributed by atoms with E-state index < -0.39 is 0 Å². The third kappa shape index (κ3) is 3.46. The van der Waals surface area contributed by atoms with E-state index in [1.807, 2.05) is 4.90 Å². The van der Waals surface area contributed by atoms with Gasteiger partial charge in [0.15, 0.2) is 0 Å². The number of piperidine rings is 1. The minimum Gasteiger partial charge on any atom is -0.380 e. The van der Waals surface area contributed by atoms with Crippen molar-refractivity contribution in [1.29, 1.82) is 0 Å². The largest absolute Gasteiger partial charge is 0.380 e. The van der Waals surface area contributed by atoms with Gasteiger partial charge < -0.3 is 15.0 Å². The number of rotatable bonds is 2. The van der Waals surface area contributed by atoms with Crippen molar-refractivity contribution in [3.63, 3.8) is 0 Å². The van der Waals surface area contributed by atoms with Gasteiger partial charge >= 0.3 is 0 Å². The second kappa shape index (κ2) is 6.21. The molecule has 2 aliphatic heterocycles. The SMILES string of the molecule is O=C(CC1CCCCN1)N1CCCOCC1. The Morgan fingerprint density at radius 1 is 1.25 bits per heavy atom. The summed E-state index contributed by atoms with van der Waals surface area (Å²) in [7, 11) is 0. The molecule has 2 rings (SSSR count). The van der Waals surface area contributed by atoms with E-state index >= 15 is 0 Å². The summed E-state index contributed by atoms with van der Waals surface area (Å²) in [6.45, 7) is 4.20. The van der Waals surface area contributed by atoms with E-state index in [-0.39, 0.29) is 0 Å². The second-order valence-electron chi connectivity index (χ2n) is 4.70. The Labute approximate surface area is 97.3 Å². The third-order valence-corrected chi connectivity index (χ3v) is 3.41. The highest BCUT2D eigenvalue weighted by Gasteiger charge is 2.21. The zero-order valence-corrected chi connectivity index (χ0v) is 9.91. The first-order valence-electron chi connectivity index (χ1n) is 6.45. The molecule has 0 aromatic rings. The number of carbonyl (C=O) groups excluding carboxylic acids is 1. The number of nitrogens with one attached hydrogen (secondary N) is 1. The molecule has 1 N–H and O–H groups in total. The first-order chi connectivity index (χ1) is 7.86. The van der Waals surface area contributed by atoms with E-state index in [2.05, 4.69) is 5.32 Å². The maximum absolute atomic E-state index is 12.0. The van der Waals surface area contributed by atoms with Crippen molar-refractivity contribution < 1.29 is 9.53 Å². The average Bonchev–Trinajstić information content (AvgIpc) is 2.59. The molecule has 2 fully saturated rings. The highest BCUT2D eigenvalue weighted by molar-refractivity contribution is 5.76. The Balaban J connectivity index is 1.76. The Hall–Kier alpha value is -0.610. The van der Waals surface area contributed by atoms with E-state index in [1.54, 1.807) is 0 Å². The fraction of sp³-hybridized carbons (Fsp3) is 0.917. The summed E-state index contributed by atoms with van der Waals surface area (Å²) in [6, 6.07) is 0.408. The van der Waals surface area contributed by atoms with Crippen LogP contribution in [-0.2, 0) is 9.53 Å². The lowest BCUT2D eigenvalue weighted by atomic mass is 10.0. The highest BCUT2D eigenvalue weighted by atomic mass is 16.5. The van der Waals surface area contributed by atoms with Crippen molar-refractivity contribution >= 4 is 5.91 Å². The van der Waals surface area contributed by atoms with Crippen molar-refractivity contribution in [3.8, 4) is 0 Å². The molecule has 2 aliphatic rings. The zero-order valence-electron chi connectivity index (χ0n) is 9.91. The Morgan fingerprint density at radius 2 is 2.19 bits per heavy atom. The van der Waals surface area contributed by atoms with Crippen LogP contribution in [0.1, 0.15) is 32.1 Å². The number of hydrogen-bond donors (Lipinski definition) is 1. The number of ether oxygens (including phenoxy) is 1. The monoisotopic (exact) mass is 226 g/mol. The van der Waals surface area contributed by atoms with Crippen LogP contribution in [0.4, 0.5) is 0 Å². The molecule has 4 nitrogen and oxygen atoms in total. The van der Waals surface area contributed by atoms with E-state index in [1.165, 1.54) is 12.8 Å². The molecule has 1 amide bonds. The molecule has 0 aliphatic carbocycles. The van der Waals surface area contributed by atoms with Gasteiger partial charge in [0.2, 0.25) is 5.91 Å². The van der Waals surface area contributed by atoms with E-state index in [4.69, 9.17) is 4.74 Å². The fourth-order valence-electron chi connectivity index (χ4n) is 2.43. The summed E-state index contributed by atoms with van der Waals surface area (Å²) >= 11 is 0. The topological polar surface area (TPSA) is 41.6 Å². The third-order valence-electron chi connectivity index (χ3n) is 3.41. The van der Waals surface area contributed by atoms with Gasteiger partial charge in [-0.2, -0.15) is 0 Å². The van der Waals surface area contributed by atoms with Crippen molar-refractivity contribution in [2.45, 2.75) is 38.1 Å². The summed E-state index contributed by atoms with van der Waals surface area (Å²) in [4.78, 5) is 14.0. The molecular formula is C12H22N2O2. The average molecular weight is 226 g/mol. The number of hydrogen-bond acceptors (Lipinski definition) is 3. The molecule has 2 saturated heterocycles. The van der Waals surface area contributed by atoms with Crippen LogP contribution >= 0.6 is 0 Å². The van der Waals surface area contributed by atoms with E-state index in [0.717, 1.165) is 39.1 Å². The lowest BCUT2D eigenvalue weighted by molar-refractivity contribution is -0.131. The van der Waals surface area contributed by atoms with Crippen LogP contribution in [0.2, 0.25) is 0 Å². The van der Waals surface area contributed by atoms with Crippen molar-refractivity contribution in [2.24, 2.45) is 0 Å². The molecule has 1 unspecified atom stereocenters. The van der Waals surface area contributed by atoms with Crippen molar-refractivity contribution in [2.75, 3.05) is 32.8 Å². The van der Waals surface area contributed by atoms with Crippen LogP contribution in [0.15, 0.2) is 0 Å². The van der Waals surface area contributed by atoms with Crippen LogP contribution in [0, 0.1) is 0 Å². The van der Waals surface area contributed by atoms with Crippen molar-refractivity contribution in [1.82, 2.24) is 10.2 Å². The van der Waals surface area contributed by atoms with Crippen LogP contribution in [0.3, 0.4) is 0 Å². The molecule has 2 heterocycles. The normalized spacial score (nSPS) is 27.5. The van der Waals surface area contributed by atoms with Gasteiger partial charge in [-0.3, -0.25) is 4.79 Å². The quantitative estimate of drug-likeness (QED) is 0.756. The predicted molar refractivity (Wildman–Crippen MR) is 62.3 cm³/mol. The number of nitrogens with zero attached hydrogens (tertiary/aromatic N) is 1. The van der Waals surface area contributed by atoms with Gasteiger partial charge in [0, 0.05) is 32.2 Å². The van der Waals surface area contributed by atoms with Gasteiger partial charge in [-0.05, 0) is 25.8 Å². The summed E-state index contributed by atoms with van der Waals surface area (Å²) in [6.07, 6.45) is 5.30. The zero-order chi connectivity index (χ0) is 11.2. The Kier molecular flexibility index (Phi) is 4.60. The second-order valence-corrected chi connectivity index (χ2v) is 4.70. The molecule has 92 valence electrons. The molecule has 0 spiro atoms. The molecule has 1 atom stereocenters. The van der Waals surface area contributed by atoms with Crippen LogP contribution in [0.25, 0.3) is 0 Å². The smallest absolute Gasteiger partial charge is 0.224 e. The van der Waals surface area contributed by atoms with Gasteiger partial charge in [0.05, 0.1) is 6.61 Å². The maximum Gasteiger partial charge on any atom is 0.224 e. The predicted octanol–water partition coefficient (Wildman–Crippen LogP) is 0.767. The van der Waals surface area contributed by atoms with Gasteiger partial charge in [0.25, 0.3) is 0 Å². The maximum atomic E-state index is 12.0. The lowest BCUT2D eigenvalue weighted by Crippen LogP contribution is -2.41. The Bertz CT molecular complexity index is 219. The number of carbonyl (C=O) groups is 1. The molecule has 4 heteroatoms. The first kappa shape index (κ1) is 11.9. The molecule has 0 aromatic heterocycles. The number of amides is 1. The summed E-state index contributed by atoms with van der Waals surface area (Å²) < 4.78 is 5.36. The summed E-state index contributed by atoms with van der Waals surface area (Å²) in [5.41, 5.74) is 0. The van der Waals surface area contributed by atoms with Crippen LogP contribution < -0.4 is 5.32 Å². The summed E-state index contributed by atoms with van der Waals surface area (Å²) in [5.74, 6) is 0.296. The van der Waals surface area contributed by atoms with Gasteiger partial charge in [0.1, 0.15) is 0 Å². The molecular weight excluding hydrogens is 204 g/mol. The minimum absolute atomic E-state index is 0.296. The van der Waals surface area contributed by atoms with Gasteiger partial charge in [-0.1, -0.05) is 6.42 Å². The Morgan fingerprint density at radius 3 is 3.00 bits per heavy atom. The van der Waals surface area contributed by atoms with Crippen LogP contribution in [0.5, 0.6) is 0 Å². The molecule has 0 radical (unpaired) electrons. The van der Waals surface area contributed by atoms with Crippen LogP contribution in [-0.4, -0.2) is 49.7 Å². The van der Waals surface area contributed by atoms with E-state index in [9.17, 15) is 4.79 Å². The molecule has 0 bridgehead atoms. The standard InChI is InChI=1S/C12H22N2O2/c15-12(10-11-4-1-2-5-13-11)14-6-3-8-16-9-7-14/h11,13H,1-10H2. The van der Waals surface area contributed by atoms with Gasteiger partial charge in [-0.15, -0.1) is 0 Å². The fourth-order valence-corrected chi connectivity index (χ4v) is 2.43. The molecule has 0 aromatic carbocycles. The lowest BCUT2D eigenvalue weighted by Gasteiger charge is -2.26. The van der Waals surface area contributed by atoms with Crippen molar-refractivity contribution in [3.05, 3.63) is 0 Å². The van der Waals surface area contributed by atoms with Gasteiger partial charge in [-0.25, -0.2) is 0 Å². The summed E-state index contributed by atoms with van der Waals surface area (Å²) in [5, 5.41) is 3.43. The minimum atomic E-state index is 0.296. The highest BCUT2D eigenvalue weighted by Crippen LogP contribution is 2.12. The molecule has 0 saturated carbocycles. The first-order valence-corrected chi connectivity index (χ1v) is 6.45. The van der Waals surface area contributed by atoms with E-state index in [0.29, 0.717) is 25.0 Å².